The molecule has 0 amide bonds. The van der Waals surface area contributed by atoms with Crippen molar-refractivity contribution in [2.45, 2.75) is 26.3 Å². The van der Waals surface area contributed by atoms with E-state index in [9.17, 15) is 4.79 Å². The molecule has 0 aliphatic carbocycles. The van der Waals surface area contributed by atoms with Crippen molar-refractivity contribution in [1.29, 1.82) is 0 Å². The molecule has 1 N–H and O–H groups in total. The lowest BCUT2D eigenvalue weighted by Crippen LogP contribution is -2.29. The van der Waals surface area contributed by atoms with Crippen molar-refractivity contribution in [2.75, 3.05) is 11.9 Å². The molecule has 0 aliphatic heterocycles. The van der Waals surface area contributed by atoms with Gasteiger partial charge in [-0.2, -0.15) is 0 Å². The van der Waals surface area contributed by atoms with Crippen LogP contribution >= 0.6 is 0 Å². The average Bonchev–Trinajstić information content (AvgIpc) is 2.27. The third-order valence-corrected chi connectivity index (χ3v) is 2.57. The van der Waals surface area contributed by atoms with E-state index in [0.29, 0.717) is 11.9 Å². The first kappa shape index (κ1) is 11.5. The average molecular weight is 208 g/mol. The van der Waals surface area contributed by atoms with E-state index in [1.165, 1.54) is 6.07 Å². The molecule has 1 aromatic rings. The smallest absolute Gasteiger partial charge is 0.354 e. The first-order valence-electron chi connectivity index (χ1n) is 4.99. The lowest BCUT2D eigenvalue weighted by Gasteiger charge is -2.24. The fraction of sp³-hybridized carbons (Fsp3) is 0.455. The van der Waals surface area contributed by atoms with Gasteiger partial charge >= 0.3 is 5.97 Å². The number of anilines is 1. The van der Waals surface area contributed by atoms with E-state index in [-0.39, 0.29) is 5.69 Å². The van der Waals surface area contributed by atoms with Crippen LogP contribution in [-0.4, -0.2) is 29.1 Å². The fourth-order valence-corrected chi connectivity index (χ4v) is 1.24. The Morgan fingerprint density at radius 2 is 2.27 bits per heavy atom. The third kappa shape index (κ3) is 2.68. The Hall–Kier alpha value is -1.58. The summed E-state index contributed by atoms with van der Waals surface area (Å²) in [5.74, 6) is -0.293. The van der Waals surface area contributed by atoms with Crippen molar-refractivity contribution in [1.82, 2.24) is 4.98 Å². The zero-order chi connectivity index (χ0) is 11.4. The van der Waals surface area contributed by atoms with Gasteiger partial charge in [0.05, 0.1) is 0 Å². The normalized spacial score (nSPS) is 12.2. The van der Waals surface area contributed by atoms with Crippen molar-refractivity contribution in [3.8, 4) is 0 Å². The molecule has 4 nitrogen and oxygen atoms in total. The SMILES string of the molecule is CCC(C)N(C)c1cccc(C(=O)O)n1. The number of nitrogens with zero attached hydrogens (tertiary/aromatic N) is 2. The molecule has 1 rings (SSSR count). The van der Waals surface area contributed by atoms with Crippen LogP contribution < -0.4 is 4.90 Å². The van der Waals surface area contributed by atoms with E-state index in [1.54, 1.807) is 6.07 Å². The highest BCUT2D eigenvalue weighted by Gasteiger charge is 2.11. The second-order valence-corrected chi connectivity index (χ2v) is 3.55. The fourth-order valence-electron chi connectivity index (χ4n) is 1.24. The van der Waals surface area contributed by atoms with Crippen LogP contribution in [0, 0.1) is 0 Å². The maximum Gasteiger partial charge on any atom is 0.354 e. The number of aromatic nitrogens is 1. The topological polar surface area (TPSA) is 53.4 Å². The quantitative estimate of drug-likeness (QED) is 0.822. The number of aromatic carboxylic acids is 1. The van der Waals surface area contributed by atoms with Gasteiger partial charge in [0.1, 0.15) is 5.82 Å². The van der Waals surface area contributed by atoms with Gasteiger partial charge in [-0.15, -0.1) is 0 Å². The number of hydrogen-bond donors (Lipinski definition) is 1. The Bertz CT molecular complexity index is 352. The molecule has 0 bridgehead atoms. The van der Waals surface area contributed by atoms with E-state index < -0.39 is 5.97 Å². The van der Waals surface area contributed by atoms with Crippen molar-refractivity contribution in [2.24, 2.45) is 0 Å². The molecule has 1 heterocycles. The lowest BCUT2D eigenvalue weighted by molar-refractivity contribution is 0.0690. The number of carboxylic acids is 1. The molecule has 1 unspecified atom stereocenters. The molecule has 0 radical (unpaired) electrons. The zero-order valence-electron chi connectivity index (χ0n) is 9.27. The van der Waals surface area contributed by atoms with Crippen LogP contribution in [0.15, 0.2) is 18.2 Å². The summed E-state index contributed by atoms with van der Waals surface area (Å²) in [6, 6.07) is 5.38. The molecule has 0 aromatic carbocycles. The Morgan fingerprint density at radius 3 is 2.80 bits per heavy atom. The van der Waals surface area contributed by atoms with Gasteiger partial charge in [-0.25, -0.2) is 9.78 Å². The summed E-state index contributed by atoms with van der Waals surface area (Å²) in [6.07, 6.45) is 0.996. The van der Waals surface area contributed by atoms with Crippen LogP contribution in [-0.2, 0) is 0 Å². The van der Waals surface area contributed by atoms with Gasteiger partial charge in [0.25, 0.3) is 0 Å². The lowest BCUT2D eigenvalue weighted by atomic mass is 10.2. The first-order valence-corrected chi connectivity index (χ1v) is 4.99. The van der Waals surface area contributed by atoms with Crippen LogP contribution in [0.2, 0.25) is 0 Å². The number of hydrogen-bond acceptors (Lipinski definition) is 3. The predicted molar refractivity (Wildman–Crippen MR) is 59.4 cm³/mol. The van der Waals surface area contributed by atoms with Crippen LogP contribution in [0.3, 0.4) is 0 Å². The van der Waals surface area contributed by atoms with Gasteiger partial charge in [0.2, 0.25) is 0 Å². The van der Waals surface area contributed by atoms with Crippen molar-refractivity contribution in [3.63, 3.8) is 0 Å². The van der Waals surface area contributed by atoms with Crippen LogP contribution in [0.1, 0.15) is 30.8 Å². The number of rotatable bonds is 4. The highest BCUT2D eigenvalue weighted by molar-refractivity contribution is 5.85. The van der Waals surface area contributed by atoms with Gasteiger partial charge < -0.3 is 10.0 Å². The van der Waals surface area contributed by atoms with Crippen LogP contribution in [0.5, 0.6) is 0 Å². The highest BCUT2D eigenvalue weighted by Crippen LogP contribution is 2.14. The second kappa shape index (κ2) is 4.77. The van der Waals surface area contributed by atoms with E-state index in [4.69, 9.17) is 5.11 Å². The van der Waals surface area contributed by atoms with Gasteiger partial charge in [-0.3, -0.25) is 0 Å². The molecule has 0 aliphatic rings. The van der Waals surface area contributed by atoms with Gasteiger partial charge in [-0.1, -0.05) is 13.0 Å². The zero-order valence-corrected chi connectivity index (χ0v) is 9.27. The molecule has 0 fully saturated rings. The Kier molecular flexibility index (Phi) is 3.66. The Labute approximate surface area is 89.6 Å². The number of carboxylic acid groups (broad SMARTS) is 1. The number of carbonyl (C=O) groups is 1. The molecular weight excluding hydrogens is 192 g/mol. The van der Waals surface area contributed by atoms with Crippen molar-refractivity contribution < 1.29 is 9.90 Å². The predicted octanol–water partition coefficient (Wildman–Crippen LogP) is 2.01. The Morgan fingerprint density at radius 1 is 1.60 bits per heavy atom. The first-order chi connectivity index (χ1) is 7.06. The molecule has 1 aromatic heterocycles. The minimum atomic E-state index is -0.991. The summed E-state index contributed by atoms with van der Waals surface area (Å²) in [4.78, 5) is 16.8. The summed E-state index contributed by atoms with van der Waals surface area (Å²) >= 11 is 0. The summed E-state index contributed by atoms with van der Waals surface area (Å²) in [7, 11) is 1.92. The molecule has 1 atom stereocenters. The summed E-state index contributed by atoms with van der Waals surface area (Å²) in [6.45, 7) is 4.16. The van der Waals surface area contributed by atoms with E-state index in [1.807, 2.05) is 18.0 Å². The maximum absolute atomic E-state index is 10.7. The van der Waals surface area contributed by atoms with Gasteiger partial charge in [0.15, 0.2) is 5.69 Å². The van der Waals surface area contributed by atoms with Gasteiger partial charge in [0, 0.05) is 13.1 Å². The highest BCUT2D eigenvalue weighted by atomic mass is 16.4. The minimum Gasteiger partial charge on any atom is -0.477 e. The van der Waals surface area contributed by atoms with Crippen LogP contribution in [0.4, 0.5) is 5.82 Å². The molecule has 82 valence electrons. The maximum atomic E-state index is 10.7. The molecular formula is C11H16N2O2. The molecule has 15 heavy (non-hydrogen) atoms. The molecule has 0 saturated heterocycles. The monoisotopic (exact) mass is 208 g/mol. The summed E-state index contributed by atoms with van der Waals surface area (Å²) in [5.41, 5.74) is 0.0858. The Balaban J connectivity index is 2.94. The number of pyridine rings is 1. The van der Waals surface area contributed by atoms with E-state index in [0.717, 1.165) is 6.42 Å². The summed E-state index contributed by atoms with van der Waals surface area (Å²) in [5, 5.41) is 8.81. The minimum absolute atomic E-state index is 0.0858. The second-order valence-electron chi connectivity index (χ2n) is 3.55. The third-order valence-electron chi connectivity index (χ3n) is 2.57. The van der Waals surface area contributed by atoms with Crippen molar-refractivity contribution in [3.05, 3.63) is 23.9 Å². The largest absolute Gasteiger partial charge is 0.477 e. The van der Waals surface area contributed by atoms with Gasteiger partial charge in [-0.05, 0) is 25.5 Å². The molecule has 0 spiro atoms. The standard InChI is InChI=1S/C11H16N2O2/c1-4-8(2)13(3)10-7-5-6-9(12-10)11(14)15/h5-8H,4H2,1-3H3,(H,14,15). The van der Waals surface area contributed by atoms with E-state index >= 15 is 0 Å². The molecule has 4 heteroatoms. The van der Waals surface area contributed by atoms with E-state index in [2.05, 4.69) is 18.8 Å². The van der Waals surface area contributed by atoms with Crippen molar-refractivity contribution >= 4 is 11.8 Å². The van der Waals surface area contributed by atoms with Crippen LogP contribution in [0.25, 0.3) is 0 Å². The summed E-state index contributed by atoms with van der Waals surface area (Å²) < 4.78 is 0. The molecule has 0 saturated carbocycles.